The average molecular weight is 246 g/mol. The Morgan fingerprint density at radius 1 is 1.39 bits per heavy atom. The van der Waals surface area contributed by atoms with Crippen LogP contribution in [0.3, 0.4) is 0 Å². The molecule has 4 heteroatoms. The van der Waals surface area contributed by atoms with E-state index >= 15 is 0 Å². The summed E-state index contributed by atoms with van der Waals surface area (Å²) in [6, 6.07) is 6.76. The smallest absolute Gasteiger partial charge is 0.222 e. The van der Waals surface area contributed by atoms with Gasteiger partial charge in [0.25, 0.3) is 0 Å². The predicted molar refractivity (Wildman–Crippen MR) is 69.8 cm³/mol. The van der Waals surface area contributed by atoms with E-state index in [1.165, 1.54) is 18.5 Å². The first-order valence-electron chi connectivity index (χ1n) is 6.48. The molecule has 18 heavy (non-hydrogen) atoms. The number of methoxy groups -OCH3 is 1. The van der Waals surface area contributed by atoms with E-state index in [-0.39, 0.29) is 5.91 Å². The largest absolute Gasteiger partial charge is 0.497 e. The summed E-state index contributed by atoms with van der Waals surface area (Å²) in [5, 5.41) is 2.95. The fourth-order valence-corrected chi connectivity index (χ4v) is 2.50. The molecule has 1 amide bonds. The maximum atomic E-state index is 11.6. The Hall–Kier alpha value is -1.71. The molecule has 0 atom stereocenters. The molecule has 0 unspecified atom stereocenters. The van der Waals surface area contributed by atoms with Crippen LogP contribution in [0.1, 0.15) is 24.8 Å². The highest BCUT2D eigenvalue weighted by atomic mass is 16.5. The van der Waals surface area contributed by atoms with E-state index < -0.39 is 0 Å². The van der Waals surface area contributed by atoms with Crippen LogP contribution in [0, 0.1) is 0 Å². The summed E-state index contributed by atoms with van der Waals surface area (Å²) >= 11 is 0. The molecular formula is C14H18N2O2. The Balaban J connectivity index is 1.97. The molecule has 1 saturated carbocycles. The number of ether oxygens (including phenoxy) is 1. The highest BCUT2D eigenvalue weighted by Crippen LogP contribution is 2.35. The third-order valence-corrected chi connectivity index (χ3v) is 3.64. The first-order chi connectivity index (χ1) is 8.78. The van der Waals surface area contributed by atoms with Crippen LogP contribution in [-0.4, -0.2) is 25.6 Å². The monoisotopic (exact) mass is 246 g/mol. The van der Waals surface area contributed by atoms with Gasteiger partial charge in [0.15, 0.2) is 0 Å². The molecule has 0 bridgehead atoms. The number of carbonyl (C=O) groups is 1. The summed E-state index contributed by atoms with van der Waals surface area (Å²) in [4.78, 5) is 14.0. The van der Waals surface area contributed by atoms with Gasteiger partial charge in [-0.3, -0.25) is 4.79 Å². The van der Waals surface area contributed by atoms with Gasteiger partial charge >= 0.3 is 0 Å². The number of benzene rings is 1. The van der Waals surface area contributed by atoms with Crippen molar-refractivity contribution >= 4 is 11.6 Å². The third-order valence-electron chi connectivity index (χ3n) is 3.64. The molecule has 0 aromatic heterocycles. The lowest BCUT2D eigenvalue weighted by atomic mass is 10.1. The quantitative estimate of drug-likeness (QED) is 0.863. The predicted octanol–water partition coefficient (Wildman–Crippen LogP) is 1.68. The zero-order chi connectivity index (χ0) is 12.5. The third kappa shape index (κ3) is 2.15. The van der Waals surface area contributed by atoms with Crippen molar-refractivity contribution in [2.45, 2.75) is 31.8 Å². The molecule has 1 aromatic rings. The van der Waals surface area contributed by atoms with Crippen molar-refractivity contribution in [2.75, 3.05) is 18.6 Å². The summed E-state index contributed by atoms with van der Waals surface area (Å²) in [5.74, 6) is 0.980. The van der Waals surface area contributed by atoms with Crippen LogP contribution in [0.2, 0.25) is 0 Å². The molecular weight excluding hydrogens is 228 g/mol. The van der Waals surface area contributed by atoms with Crippen LogP contribution in [0.15, 0.2) is 18.2 Å². The van der Waals surface area contributed by atoms with Crippen LogP contribution < -0.4 is 15.0 Å². The summed E-state index contributed by atoms with van der Waals surface area (Å²) in [5.41, 5.74) is 2.40. The van der Waals surface area contributed by atoms with E-state index in [9.17, 15) is 4.79 Å². The topological polar surface area (TPSA) is 41.6 Å². The number of nitrogens with one attached hydrogen (secondary N) is 1. The standard InChI is InChI=1S/C14H18N2O2/c1-18-12-4-5-13-10(8-12)9-15-14(17)6-7-16(13)11-2-3-11/h4-5,8,11H,2-3,6-7,9H2,1H3,(H,15,17). The Kier molecular flexibility index (Phi) is 2.86. The minimum absolute atomic E-state index is 0.133. The first kappa shape index (κ1) is 11.4. The molecule has 0 spiro atoms. The Morgan fingerprint density at radius 2 is 2.22 bits per heavy atom. The SMILES string of the molecule is COc1ccc2c(c1)CNC(=O)CCN2C1CC1. The summed E-state index contributed by atoms with van der Waals surface area (Å²) < 4.78 is 5.26. The molecule has 0 saturated heterocycles. The normalized spacial score (nSPS) is 19.6. The summed E-state index contributed by atoms with van der Waals surface area (Å²) in [7, 11) is 1.67. The minimum atomic E-state index is 0.133. The van der Waals surface area contributed by atoms with Gasteiger partial charge in [0.1, 0.15) is 5.75 Å². The van der Waals surface area contributed by atoms with Crippen molar-refractivity contribution in [1.82, 2.24) is 5.32 Å². The second-order valence-electron chi connectivity index (χ2n) is 4.95. The van der Waals surface area contributed by atoms with Crippen molar-refractivity contribution < 1.29 is 9.53 Å². The van der Waals surface area contributed by atoms with Crippen LogP contribution in [0.25, 0.3) is 0 Å². The van der Waals surface area contributed by atoms with Gasteiger partial charge in [-0.15, -0.1) is 0 Å². The Bertz CT molecular complexity index is 469. The molecule has 1 aliphatic heterocycles. The van der Waals surface area contributed by atoms with Crippen molar-refractivity contribution in [3.8, 4) is 5.75 Å². The van der Waals surface area contributed by atoms with Gasteiger partial charge in [0, 0.05) is 31.2 Å². The molecule has 4 nitrogen and oxygen atoms in total. The molecule has 0 radical (unpaired) electrons. The molecule has 1 heterocycles. The van der Waals surface area contributed by atoms with Crippen LogP contribution in [0.5, 0.6) is 5.75 Å². The van der Waals surface area contributed by atoms with Gasteiger partial charge in [0.05, 0.1) is 7.11 Å². The number of amides is 1. The Labute approximate surface area is 107 Å². The van der Waals surface area contributed by atoms with Crippen molar-refractivity contribution in [1.29, 1.82) is 0 Å². The second-order valence-corrected chi connectivity index (χ2v) is 4.95. The molecule has 1 aliphatic carbocycles. The van der Waals surface area contributed by atoms with Crippen molar-refractivity contribution in [3.63, 3.8) is 0 Å². The highest BCUT2D eigenvalue weighted by Gasteiger charge is 2.31. The number of anilines is 1. The molecule has 96 valence electrons. The lowest BCUT2D eigenvalue weighted by molar-refractivity contribution is -0.121. The highest BCUT2D eigenvalue weighted by molar-refractivity contribution is 5.78. The minimum Gasteiger partial charge on any atom is -0.497 e. The van der Waals surface area contributed by atoms with E-state index in [0.29, 0.717) is 19.0 Å². The van der Waals surface area contributed by atoms with Gasteiger partial charge in [-0.05, 0) is 36.6 Å². The average Bonchev–Trinajstić information content (AvgIpc) is 3.19. The number of hydrogen-bond acceptors (Lipinski definition) is 3. The van der Waals surface area contributed by atoms with E-state index in [0.717, 1.165) is 17.9 Å². The number of carbonyl (C=O) groups excluding carboxylic acids is 1. The van der Waals surface area contributed by atoms with Gasteiger partial charge < -0.3 is 15.0 Å². The fourth-order valence-electron chi connectivity index (χ4n) is 2.50. The molecule has 1 aromatic carbocycles. The first-order valence-corrected chi connectivity index (χ1v) is 6.48. The number of nitrogens with zero attached hydrogens (tertiary/aromatic N) is 1. The van der Waals surface area contributed by atoms with Crippen LogP contribution >= 0.6 is 0 Å². The number of rotatable bonds is 2. The summed E-state index contributed by atoms with van der Waals surface area (Å²) in [6.07, 6.45) is 3.07. The van der Waals surface area contributed by atoms with E-state index in [4.69, 9.17) is 4.74 Å². The molecule has 1 fully saturated rings. The molecule has 3 rings (SSSR count). The lowest BCUT2D eigenvalue weighted by Crippen LogP contribution is -2.36. The van der Waals surface area contributed by atoms with Crippen LogP contribution in [-0.2, 0) is 11.3 Å². The van der Waals surface area contributed by atoms with E-state index in [1.807, 2.05) is 12.1 Å². The lowest BCUT2D eigenvalue weighted by Gasteiger charge is -2.29. The summed E-state index contributed by atoms with van der Waals surface area (Å²) in [6.45, 7) is 1.41. The van der Waals surface area contributed by atoms with Gasteiger partial charge in [0.2, 0.25) is 5.91 Å². The van der Waals surface area contributed by atoms with Gasteiger partial charge in [-0.1, -0.05) is 0 Å². The van der Waals surface area contributed by atoms with Gasteiger partial charge in [-0.25, -0.2) is 0 Å². The number of fused-ring (bicyclic) bond motifs is 1. The van der Waals surface area contributed by atoms with E-state index in [2.05, 4.69) is 16.3 Å². The van der Waals surface area contributed by atoms with E-state index in [1.54, 1.807) is 7.11 Å². The second kappa shape index (κ2) is 4.52. The number of hydrogen-bond donors (Lipinski definition) is 1. The van der Waals surface area contributed by atoms with Crippen LogP contribution in [0.4, 0.5) is 5.69 Å². The fraction of sp³-hybridized carbons (Fsp3) is 0.500. The molecule has 2 aliphatic rings. The molecule has 1 N–H and O–H groups in total. The Morgan fingerprint density at radius 3 is 2.94 bits per heavy atom. The van der Waals surface area contributed by atoms with Crippen molar-refractivity contribution in [2.24, 2.45) is 0 Å². The maximum absolute atomic E-state index is 11.6. The zero-order valence-corrected chi connectivity index (χ0v) is 10.6. The van der Waals surface area contributed by atoms with Gasteiger partial charge in [-0.2, -0.15) is 0 Å². The zero-order valence-electron chi connectivity index (χ0n) is 10.6. The maximum Gasteiger partial charge on any atom is 0.222 e. The van der Waals surface area contributed by atoms with Crippen molar-refractivity contribution in [3.05, 3.63) is 23.8 Å².